The van der Waals surface area contributed by atoms with E-state index in [0.29, 0.717) is 19.1 Å². The minimum Gasteiger partial charge on any atom is -0.466 e. The van der Waals surface area contributed by atoms with E-state index in [2.05, 4.69) is 24.1 Å². The van der Waals surface area contributed by atoms with E-state index in [1.54, 1.807) is 12.1 Å². The van der Waals surface area contributed by atoms with Crippen LogP contribution in [-0.2, 0) is 16.1 Å². The van der Waals surface area contributed by atoms with Gasteiger partial charge in [-0.15, -0.1) is 0 Å². The van der Waals surface area contributed by atoms with Crippen molar-refractivity contribution in [2.45, 2.75) is 40.2 Å². The number of guanidine groups is 1. The Balaban J connectivity index is 2.02. The highest BCUT2D eigenvalue weighted by atomic mass is 16.6. The lowest BCUT2D eigenvalue weighted by Gasteiger charge is -2.33. The molecule has 0 aliphatic carbocycles. The molecular formula is C20H30N4O4. The minimum atomic E-state index is -0.406. The van der Waals surface area contributed by atoms with Crippen LogP contribution in [0.4, 0.5) is 5.69 Å². The lowest BCUT2D eigenvalue weighted by molar-refractivity contribution is -0.384. The van der Waals surface area contributed by atoms with Crippen LogP contribution >= 0.6 is 0 Å². The second-order valence-electron chi connectivity index (χ2n) is 7.35. The van der Waals surface area contributed by atoms with Crippen LogP contribution in [0, 0.1) is 22.0 Å². The number of carbonyl (C=O) groups excluding carboxylic acids is 1. The highest BCUT2D eigenvalue weighted by molar-refractivity contribution is 5.80. The molecule has 28 heavy (non-hydrogen) atoms. The zero-order chi connectivity index (χ0) is 20.5. The largest absolute Gasteiger partial charge is 0.466 e. The molecule has 154 valence electrons. The van der Waals surface area contributed by atoms with E-state index in [1.165, 1.54) is 12.1 Å². The van der Waals surface area contributed by atoms with Crippen LogP contribution in [0.15, 0.2) is 29.3 Å². The number of non-ortho nitro benzene ring substituents is 1. The molecule has 0 bridgehead atoms. The number of piperidine rings is 1. The van der Waals surface area contributed by atoms with Crippen molar-refractivity contribution in [1.29, 1.82) is 0 Å². The first-order valence-electron chi connectivity index (χ1n) is 9.84. The fourth-order valence-electron chi connectivity index (χ4n) is 3.04. The van der Waals surface area contributed by atoms with Gasteiger partial charge in [0.15, 0.2) is 5.96 Å². The number of esters is 1. The fraction of sp³-hybridized carbons (Fsp3) is 0.600. The average Bonchev–Trinajstić information content (AvgIpc) is 2.68. The zero-order valence-electron chi connectivity index (χ0n) is 16.9. The number of ether oxygens (including phenoxy) is 1. The molecule has 1 aliphatic heterocycles. The van der Waals surface area contributed by atoms with Crippen molar-refractivity contribution in [2.75, 3.05) is 26.2 Å². The Kier molecular flexibility index (Phi) is 8.22. The van der Waals surface area contributed by atoms with Gasteiger partial charge in [-0.1, -0.05) is 26.0 Å². The van der Waals surface area contributed by atoms with Crippen molar-refractivity contribution < 1.29 is 14.5 Å². The molecule has 1 aromatic rings. The normalized spacial score (nSPS) is 15.6. The molecule has 0 radical (unpaired) electrons. The number of benzene rings is 1. The van der Waals surface area contributed by atoms with Crippen LogP contribution in [0.1, 0.15) is 39.2 Å². The molecule has 0 aromatic heterocycles. The molecule has 1 heterocycles. The van der Waals surface area contributed by atoms with Gasteiger partial charge in [0.05, 0.1) is 24.0 Å². The monoisotopic (exact) mass is 390 g/mol. The Hall–Kier alpha value is -2.64. The van der Waals surface area contributed by atoms with Gasteiger partial charge in [0.25, 0.3) is 5.69 Å². The number of aliphatic imine (C=N–C) groups is 1. The summed E-state index contributed by atoms with van der Waals surface area (Å²) in [7, 11) is 0. The van der Waals surface area contributed by atoms with Gasteiger partial charge in [0, 0.05) is 31.8 Å². The molecule has 1 aliphatic rings. The van der Waals surface area contributed by atoms with Gasteiger partial charge in [0.2, 0.25) is 0 Å². The topological polar surface area (TPSA) is 97.1 Å². The van der Waals surface area contributed by atoms with Gasteiger partial charge in [-0.3, -0.25) is 14.9 Å². The summed E-state index contributed by atoms with van der Waals surface area (Å²) in [6.07, 6.45) is 1.50. The Morgan fingerprint density at radius 3 is 2.50 bits per heavy atom. The Bertz CT molecular complexity index is 680. The molecular weight excluding hydrogens is 360 g/mol. The van der Waals surface area contributed by atoms with Crippen LogP contribution in [0.2, 0.25) is 0 Å². The van der Waals surface area contributed by atoms with Crippen molar-refractivity contribution in [3.05, 3.63) is 39.9 Å². The first-order valence-corrected chi connectivity index (χ1v) is 9.84. The van der Waals surface area contributed by atoms with E-state index in [9.17, 15) is 14.9 Å². The molecule has 1 saturated heterocycles. The molecule has 0 amide bonds. The summed E-state index contributed by atoms with van der Waals surface area (Å²) >= 11 is 0. The van der Waals surface area contributed by atoms with Crippen molar-refractivity contribution in [3.8, 4) is 0 Å². The predicted molar refractivity (Wildman–Crippen MR) is 108 cm³/mol. The van der Waals surface area contributed by atoms with Crippen molar-refractivity contribution in [3.63, 3.8) is 0 Å². The number of nitrogens with one attached hydrogen (secondary N) is 1. The molecule has 0 unspecified atom stereocenters. The lowest BCUT2D eigenvalue weighted by atomic mass is 9.97. The Morgan fingerprint density at radius 1 is 1.32 bits per heavy atom. The number of nitro groups is 1. The first kappa shape index (κ1) is 21.7. The van der Waals surface area contributed by atoms with E-state index in [1.807, 2.05) is 6.92 Å². The van der Waals surface area contributed by atoms with E-state index < -0.39 is 4.92 Å². The van der Waals surface area contributed by atoms with Crippen molar-refractivity contribution >= 4 is 17.6 Å². The van der Waals surface area contributed by atoms with Gasteiger partial charge >= 0.3 is 5.97 Å². The number of rotatable bonds is 7. The summed E-state index contributed by atoms with van der Waals surface area (Å²) in [6.45, 7) is 9.24. The third-order valence-corrected chi connectivity index (χ3v) is 4.64. The number of carbonyl (C=O) groups is 1. The fourth-order valence-corrected chi connectivity index (χ4v) is 3.04. The van der Waals surface area contributed by atoms with Crippen LogP contribution in [-0.4, -0.2) is 48.0 Å². The van der Waals surface area contributed by atoms with Gasteiger partial charge in [0.1, 0.15) is 0 Å². The highest BCUT2D eigenvalue weighted by Crippen LogP contribution is 2.19. The number of hydrogen-bond acceptors (Lipinski definition) is 5. The molecule has 1 N–H and O–H groups in total. The molecule has 8 heteroatoms. The quantitative estimate of drug-likeness (QED) is 0.253. The summed E-state index contributed by atoms with van der Waals surface area (Å²) in [5, 5.41) is 14.2. The van der Waals surface area contributed by atoms with Crippen molar-refractivity contribution in [1.82, 2.24) is 10.2 Å². The summed E-state index contributed by atoms with van der Waals surface area (Å²) in [5.74, 6) is 1.13. The van der Waals surface area contributed by atoms with Crippen molar-refractivity contribution in [2.24, 2.45) is 16.8 Å². The van der Waals surface area contributed by atoms with Gasteiger partial charge in [-0.2, -0.15) is 0 Å². The molecule has 1 fully saturated rings. The van der Waals surface area contributed by atoms with E-state index >= 15 is 0 Å². The maximum atomic E-state index is 11.9. The number of likely N-dealkylation sites (tertiary alicyclic amines) is 1. The van der Waals surface area contributed by atoms with Gasteiger partial charge in [-0.05, 0) is 31.2 Å². The maximum absolute atomic E-state index is 11.9. The molecule has 8 nitrogen and oxygen atoms in total. The molecule has 0 atom stereocenters. The number of nitro benzene ring substituents is 1. The number of nitrogens with zero attached hydrogens (tertiary/aromatic N) is 3. The smallest absolute Gasteiger partial charge is 0.309 e. The summed E-state index contributed by atoms with van der Waals surface area (Å²) in [6, 6.07) is 6.46. The summed E-state index contributed by atoms with van der Waals surface area (Å²) in [4.78, 5) is 29.2. The lowest BCUT2D eigenvalue weighted by Crippen LogP contribution is -2.47. The highest BCUT2D eigenvalue weighted by Gasteiger charge is 2.27. The second kappa shape index (κ2) is 10.6. The molecule has 2 rings (SSSR count). The summed E-state index contributed by atoms with van der Waals surface area (Å²) in [5.41, 5.74) is 0.989. The van der Waals surface area contributed by atoms with Crippen LogP contribution in [0.3, 0.4) is 0 Å². The SMILES string of the molecule is CCOC(=O)C1CCN(C(=NCc2ccc([N+](=O)[O-])cc2)NCC(C)C)CC1. The standard InChI is InChI=1S/C20H30N4O4/c1-4-28-19(25)17-9-11-23(12-10-17)20(21-13-15(2)3)22-14-16-5-7-18(8-6-16)24(26)27/h5-8,15,17H,4,9-14H2,1-3H3,(H,21,22). The molecule has 0 saturated carbocycles. The average molecular weight is 390 g/mol. The summed E-state index contributed by atoms with van der Waals surface area (Å²) < 4.78 is 5.14. The Labute approximate surface area is 166 Å². The van der Waals surface area contributed by atoms with Gasteiger partial charge in [-0.25, -0.2) is 4.99 Å². The second-order valence-corrected chi connectivity index (χ2v) is 7.35. The minimum absolute atomic E-state index is 0.0442. The first-order chi connectivity index (χ1) is 13.4. The van der Waals surface area contributed by atoms with Crippen LogP contribution < -0.4 is 5.32 Å². The predicted octanol–water partition coefficient (Wildman–Crippen LogP) is 2.97. The third kappa shape index (κ3) is 6.51. The zero-order valence-corrected chi connectivity index (χ0v) is 16.9. The molecule has 1 aromatic carbocycles. The van der Waals surface area contributed by atoms with E-state index in [-0.39, 0.29) is 17.6 Å². The van der Waals surface area contributed by atoms with Crippen LogP contribution in [0.5, 0.6) is 0 Å². The Morgan fingerprint density at radius 2 is 1.96 bits per heavy atom. The van der Waals surface area contributed by atoms with Gasteiger partial charge < -0.3 is 15.0 Å². The third-order valence-electron chi connectivity index (χ3n) is 4.64. The number of hydrogen-bond donors (Lipinski definition) is 1. The molecule has 0 spiro atoms. The van der Waals surface area contributed by atoms with E-state index in [4.69, 9.17) is 9.73 Å². The maximum Gasteiger partial charge on any atom is 0.309 e. The van der Waals surface area contributed by atoms with Crippen LogP contribution in [0.25, 0.3) is 0 Å². The van der Waals surface area contributed by atoms with E-state index in [0.717, 1.165) is 44.0 Å².